The smallest absolute Gasteiger partial charge is 0.238 e. The first-order valence-corrected chi connectivity index (χ1v) is 9.30. The largest absolute Gasteiger partial charge is 0.358 e. The lowest BCUT2D eigenvalue weighted by atomic mass is 10.0. The third-order valence-corrected chi connectivity index (χ3v) is 5.23. The predicted molar refractivity (Wildman–Crippen MR) is 108 cm³/mol. The highest BCUT2D eigenvalue weighted by Gasteiger charge is 2.22. The molecule has 0 aliphatic carbocycles. The number of rotatable bonds is 3. The summed E-state index contributed by atoms with van der Waals surface area (Å²) >= 11 is 6.19. The molecule has 0 atom stereocenters. The van der Waals surface area contributed by atoms with Crippen LogP contribution in [0.25, 0.3) is 10.9 Å². The van der Waals surface area contributed by atoms with Crippen molar-refractivity contribution in [2.24, 2.45) is 0 Å². The third kappa shape index (κ3) is 3.61. The summed E-state index contributed by atoms with van der Waals surface area (Å²) in [5.41, 5.74) is 4.27. The molecular formula is C21H20ClN3O2. The van der Waals surface area contributed by atoms with Crippen molar-refractivity contribution < 1.29 is 4.79 Å². The molecule has 1 aliphatic heterocycles. The Balaban J connectivity index is 1.50. The van der Waals surface area contributed by atoms with Gasteiger partial charge in [-0.1, -0.05) is 29.8 Å². The number of para-hydroxylation sites is 1. The highest BCUT2D eigenvalue weighted by Crippen LogP contribution is 2.23. The van der Waals surface area contributed by atoms with Crippen LogP contribution in [0.2, 0.25) is 5.02 Å². The first-order chi connectivity index (χ1) is 13.0. The van der Waals surface area contributed by atoms with Crippen LogP contribution in [0.15, 0.2) is 47.3 Å². The zero-order valence-corrected chi connectivity index (χ0v) is 15.8. The molecule has 2 aromatic carbocycles. The summed E-state index contributed by atoms with van der Waals surface area (Å²) < 4.78 is 0. The number of carbonyl (C=O) groups is 1. The van der Waals surface area contributed by atoms with Crippen LogP contribution in [0, 0.1) is 6.92 Å². The van der Waals surface area contributed by atoms with Crippen molar-refractivity contribution >= 4 is 34.1 Å². The minimum Gasteiger partial charge on any atom is -0.358 e. The molecule has 0 bridgehead atoms. The van der Waals surface area contributed by atoms with Gasteiger partial charge >= 0.3 is 0 Å². The molecule has 27 heavy (non-hydrogen) atoms. The number of hydrogen-bond donors (Lipinski definition) is 2. The first kappa shape index (κ1) is 17.8. The Bertz CT molecular complexity index is 1090. The second-order valence-corrected chi connectivity index (χ2v) is 7.36. The molecule has 1 amide bonds. The normalized spacial score (nSPS) is 14.1. The lowest BCUT2D eigenvalue weighted by molar-refractivity contribution is -0.117. The Morgan fingerprint density at radius 1 is 1.26 bits per heavy atom. The number of amides is 1. The molecular weight excluding hydrogens is 362 g/mol. The van der Waals surface area contributed by atoms with Gasteiger partial charge < -0.3 is 10.3 Å². The number of benzene rings is 2. The molecule has 2 N–H and O–H groups in total. The average molecular weight is 382 g/mol. The molecule has 3 aromatic rings. The number of carbonyl (C=O) groups excluding carboxylic acids is 1. The number of hydrogen-bond acceptors (Lipinski definition) is 3. The van der Waals surface area contributed by atoms with E-state index in [0.29, 0.717) is 29.1 Å². The van der Waals surface area contributed by atoms with Gasteiger partial charge in [0.1, 0.15) is 0 Å². The van der Waals surface area contributed by atoms with Crippen molar-refractivity contribution in [3.05, 3.63) is 74.5 Å². The molecule has 0 radical (unpaired) electrons. The maximum absolute atomic E-state index is 12.8. The molecule has 0 spiro atoms. The molecule has 0 unspecified atom stereocenters. The third-order valence-electron chi connectivity index (χ3n) is 4.92. The monoisotopic (exact) mass is 381 g/mol. The number of fused-ring (bicyclic) bond motifs is 2. The summed E-state index contributed by atoms with van der Waals surface area (Å²) in [5.74, 6) is -0.138. The Hall–Kier alpha value is -2.63. The lowest BCUT2D eigenvalue weighted by Gasteiger charge is -2.27. The van der Waals surface area contributed by atoms with Crippen LogP contribution in [-0.2, 0) is 17.8 Å². The van der Waals surface area contributed by atoms with Gasteiger partial charge in [-0.25, -0.2) is 0 Å². The topological polar surface area (TPSA) is 65.2 Å². The number of halogens is 1. The fraction of sp³-hybridized carbons (Fsp3) is 0.238. The number of aryl methyl sites for hydroxylation is 1. The zero-order chi connectivity index (χ0) is 19.0. The first-order valence-electron chi connectivity index (χ1n) is 8.92. The van der Waals surface area contributed by atoms with Crippen molar-refractivity contribution in [3.8, 4) is 0 Å². The van der Waals surface area contributed by atoms with Gasteiger partial charge in [0.15, 0.2) is 5.43 Å². The number of nitrogens with one attached hydrogen (secondary N) is 2. The van der Waals surface area contributed by atoms with E-state index in [1.807, 2.05) is 48.2 Å². The van der Waals surface area contributed by atoms with Gasteiger partial charge in [-0.15, -0.1) is 0 Å². The second kappa shape index (κ2) is 7.18. The van der Waals surface area contributed by atoms with Crippen molar-refractivity contribution in [1.82, 2.24) is 9.88 Å². The molecule has 6 heteroatoms. The number of pyridine rings is 1. The van der Waals surface area contributed by atoms with Gasteiger partial charge in [-0.3, -0.25) is 14.5 Å². The van der Waals surface area contributed by atoms with Crippen LogP contribution in [0.1, 0.15) is 16.8 Å². The molecule has 1 aromatic heterocycles. The van der Waals surface area contributed by atoms with E-state index in [9.17, 15) is 9.59 Å². The molecule has 0 saturated heterocycles. The van der Waals surface area contributed by atoms with E-state index in [4.69, 9.17) is 11.6 Å². The van der Waals surface area contributed by atoms with Crippen molar-refractivity contribution in [2.75, 3.05) is 18.4 Å². The van der Waals surface area contributed by atoms with E-state index in [1.165, 1.54) is 0 Å². The second-order valence-electron chi connectivity index (χ2n) is 6.95. The van der Waals surface area contributed by atoms with Crippen LogP contribution in [-0.4, -0.2) is 28.9 Å². The number of aromatic amines is 1. The van der Waals surface area contributed by atoms with Crippen molar-refractivity contribution in [2.45, 2.75) is 19.9 Å². The molecule has 138 valence electrons. The molecule has 4 rings (SSSR count). The van der Waals surface area contributed by atoms with E-state index in [1.54, 1.807) is 6.07 Å². The summed E-state index contributed by atoms with van der Waals surface area (Å²) in [4.78, 5) is 30.6. The highest BCUT2D eigenvalue weighted by atomic mass is 35.5. The van der Waals surface area contributed by atoms with Crippen molar-refractivity contribution in [1.29, 1.82) is 0 Å². The molecule has 0 saturated carbocycles. The Morgan fingerprint density at radius 3 is 2.89 bits per heavy atom. The molecule has 2 heterocycles. The summed E-state index contributed by atoms with van der Waals surface area (Å²) in [7, 11) is 0. The number of aromatic nitrogens is 1. The van der Waals surface area contributed by atoms with Gasteiger partial charge in [-0.05, 0) is 36.8 Å². The number of anilines is 1. The predicted octanol–water partition coefficient (Wildman–Crippen LogP) is 3.49. The number of H-pyrrole nitrogens is 1. The van der Waals surface area contributed by atoms with Gasteiger partial charge in [0.2, 0.25) is 5.91 Å². The van der Waals surface area contributed by atoms with E-state index < -0.39 is 0 Å². The van der Waals surface area contributed by atoms with E-state index >= 15 is 0 Å². The Labute approximate surface area is 162 Å². The molecule has 5 nitrogen and oxygen atoms in total. The lowest BCUT2D eigenvalue weighted by Crippen LogP contribution is -2.39. The Kier molecular flexibility index (Phi) is 4.72. The molecule has 0 fully saturated rings. The maximum Gasteiger partial charge on any atom is 0.238 e. The summed E-state index contributed by atoms with van der Waals surface area (Å²) in [6, 6.07) is 13.1. The quantitative estimate of drug-likeness (QED) is 0.730. The number of nitrogens with zero attached hydrogens (tertiary/aromatic N) is 1. The van der Waals surface area contributed by atoms with Crippen LogP contribution >= 0.6 is 11.6 Å². The minimum absolute atomic E-state index is 0.0473. The van der Waals surface area contributed by atoms with Crippen LogP contribution in [0.3, 0.4) is 0 Å². The fourth-order valence-corrected chi connectivity index (χ4v) is 3.81. The van der Waals surface area contributed by atoms with Crippen LogP contribution in [0.5, 0.6) is 0 Å². The van der Waals surface area contributed by atoms with E-state index in [2.05, 4.69) is 10.3 Å². The summed E-state index contributed by atoms with van der Waals surface area (Å²) in [5, 5.41) is 4.07. The van der Waals surface area contributed by atoms with E-state index in [-0.39, 0.29) is 17.9 Å². The fourth-order valence-electron chi connectivity index (χ4n) is 3.53. The summed E-state index contributed by atoms with van der Waals surface area (Å²) in [6.07, 6.45) is 0.716. The highest BCUT2D eigenvalue weighted by molar-refractivity contribution is 6.33. The van der Waals surface area contributed by atoms with E-state index in [0.717, 1.165) is 28.9 Å². The van der Waals surface area contributed by atoms with Crippen LogP contribution < -0.4 is 10.7 Å². The SMILES string of the molecule is Cc1ccc(NC(=O)CN2CCc3[nH]c4ccccc4c(=O)c3C2)c(Cl)c1. The average Bonchev–Trinajstić information content (AvgIpc) is 2.65. The Morgan fingerprint density at radius 2 is 2.07 bits per heavy atom. The minimum atomic E-state index is -0.138. The van der Waals surface area contributed by atoms with Crippen LogP contribution in [0.4, 0.5) is 5.69 Å². The zero-order valence-electron chi connectivity index (χ0n) is 15.0. The van der Waals surface area contributed by atoms with Gasteiger partial charge in [0.25, 0.3) is 0 Å². The van der Waals surface area contributed by atoms with Gasteiger partial charge in [-0.2, -0.15) is 0 Å². The maximum atomic E-state index is 12.8. The molecule has 1 aliphatic rings. The summed E-state index contributed by atoms with van der Waals surface area (Å²) in [6.45, 7) is 3.35. The van der Waals surface area contributed by atoms with Gasteiger partial charge in [0.05, 0.1) is 17.3 Å². The van der Waals surface area contributed by atoms with Crippen molar-refractivity contribution in [3.63, 3.8) is 0 Å². The van der Waals surface area contributed by atoms with Gasteiger partial charge in [0, 0.05) is 41.7 Å². The standard InChI is InChI=1S/C21H20ClN3O2/c1-13-6-7-19(16(22)10-13)24-20(26)12-25-9-8-18-15(11-25)21(27)14-4-2-3-5-17(14)23-18/h2-7,10H,8-9,11-12H2,1H3,(H,23,27)(H,24,26).